The second-order valence-electron chi connectivity index (χ2n) is 4.01. The Morgan fingerprint density at radius 3 is 2.67 bits per heavy atom. The first-order chi connectivity index (χ1) is 8.52. The van der Waals surface area contributed by atoms with Gasteiger partial charge in [0.2, 0.25) is 0 Å². The summed E-state index contributed by atoms with van der Waals surface area (Å²) in [5.41, 5.74) is 2.51. The maximum absolute atomic E-state index is 13.0. The Morgan fingerprint density at radius 2 is 2.06 bits per heavy atom. The number of ether oxygens (including phenoxy) is 1. The van der Waals surface area contributed by atoms with Crippen molar-refractivity contribution in [3.8, 4) is 5.69 Å². The van der Waals surface area contributed by atoms with E-state index in [4.69, 9.17) is 0 Å². The smallest absolute Gasteiger partial charge is 0.358 e. The zero-order valence-electron chi connectivity index (χ0n) is 10.4. The van der Waals surface area contributed by atoms with Crippen molar-refractivity contribution in [2.45, 2.75) is 13.8 Å². The van der Waals surface area contributed by atoms with E-state index in [1.807, 2.05) is 6.92 Å². The molecule has 0 saturated heterocycles. The quantitative estimate of drug-likeness (QED) is 0.766. The number of rotatable bonds is 2. The van der Waals surface area contributed by atoms with Crippen LogP contribution >= 0.6 is 0 Å². The van der Waals surface area contributed by atoms with Crippen molar-refractivity contribution in [3.63, 3.8) is 0 Å². The molecule has 1 heterocycles. The molecule has 0 atom stereocenters. The SMILES string of the molecule is COC(=O)c1cc(C)n(-c2ccc(F)cc2C)n1. The standard InChI is InChI=1S/C13H13FN2O2/c1-8-6-10(14)4-5-12(8)16-9(2)7-11(15-16)13(17)18-3/h4-7H,1-3H3. The van der Waals surface area contributed by atoms with Crippen LogP contribution in [0.2, 0.25) is 0 Å². The first-order valence-corrected chi connectivity index (χ1v) is 5.44. The van der Waals surface area contributed by atoms with Crippen LogP contribution in [0.1, 0.15) is 21.7 Å². The van der Waals surface area contributed by atoms with E-state index in [-0.39, 0.29) is 11.5 Å². The molecule has 2 rings (SSSR count). The molecular formula is C13H13FN2O2. The van der Waals surface area contributed by atoms with Crippen LogP contribution in [0.4, 0.5) is 4.39 Å². The molecule has 18 heavy (non-hydrogen) atoms. The molecule has 0 aliphatic heterocycles. The number of nitrogens with zero attached hydrogens (tertiary/aromatic N) is 2. The third-order valence-electron chi connectivity index (χ3n) is 2.67. The van der Waals surface area contributed by atoms with E-state index in [9.17, 15) is 9.18 Å². The van der Waals surface area contributed by atoms with Crippen LogP contribution in [0, 0.1) is 19.7 Å². The minimum absolute atomic E-state index is 0.235. The Bertz CT molecular complexity index is 605. The number of carbonyl (C=O) groups is 1. The first kappa shape index (κ1) is 12.3. The molecule has 0 N–H and O–H groups in total. The van der Waals surface area contributed by atoms with Crippen LogP contribution in [-0.4, -0.2) is 22.9 Å². The molecule has 1 aromatic heterocycles. The van der Waals surface area contributed by atoms with Gasteiger partial charge in [-0.1, -0.05) is 0 Å². The Labute approximate surface area is 104 Å². The first-order valence-electron chi connectivity index (χ1n) is 5.44. The zero-order valence-corrected chi connectivity index (χ0v) is 10.4. The van der Waals surface area contributed by atoms with Gasteiger partial charge >= 0.3 is 5.97 Å². The number of hydrogen-bond acceptors (Lipinski definition) is 3. The van der Waals surface area contributed by atoms with E-state index in [2.05, 4.69) is 9.84 Å². The van der Waals surface area contributed by atoms with Crippen molar-refractivity contribution < 1.29 is 13.9 Å². The summed E-state index contributed by atoms with van der Waals surface area (Å²) in [6, 6.07) is 6.05. The van der Waals surface area contributed by atoms with Gasteiger partial charge in [0.1, 0.15) is 5.82 Å². The van der Waals surface area contributed by atoms with Gasteiger partial charge < -0.3 is 4.74 Å². The fourth-order valence-corrected chi connectivity index (χ4v) is 1.78. The zero-order chi connectivity index (χ0) is 13.3. The number of esters is 1. The number of halogens is 1. The van der Waals surface area contributed by atoms with Crippen molar-refractivity contribution in [2.75, 3.05) is 7.11 Å². The van der Waals surface area contributed by atoms with Crippen molar-refractivity contribution in [2.24, 2.45) is 0 Å². The molecule has 0 spiro atoms. The molecule has 0 fully saturated rings. The van der Waals surface area contributed by atoms with Gasteiger partial charge in [0.25, 0.3) is 0 Å². The third kappa shape index (κ3) is 2.11. The summed E-state index contributed by atoms with van der Waals surface area (Å²) >= 11 is 0. The van der Waals surface area contributed by atoms with E-state index in [1.165, 1.54) is 19.2 Å². The van der Waals surface area contributed by atoms with Crippen molar-refractivity contribution in [1.29, 1.82) is 0 Å². The van der Waals surface area contributed by atoms with Crippen LogP contribution in [0.3, 0.4) is 0 Å². The molecule has 0 radical (unpaired) electrons. The van der Waals surface area contributed by atoms with E-state index in [1.54, 1.807) is 23.7 Å². The van der Waals surface area contributed by atoms with Crippen LogP contribution in [0.15, 0.2) is 24.3 Å². The van der Waals surface area contributed by atoms with Crippen molar-refractivity contribution in [3.05, 3.63) is 47.0 Å². The molecule has 0 unspecified atom stereocenters. The normalized spacial score (nSPS) is 10.4. The molecule has 1 aromatic carbocycles. The van der Waals surface area contributed by atoms with Gasteiger partial charge in [-0.25, -0.2) is 13.9 Å². The molecule has 0 saturated carbocycles. The fourth-order valence-electron chi connectivity index (χ4n) is 1.78. The van der Waals surface area contributed by atoms with Crippen LogP contribution in [0.25, 0.3) is 5.69 Å². The highest BCUT2D eigenvalue weighted by Crippen LogP contribution is 2.17. The Balaban J connectivity index is 2.51. The number of aromatic nitrogens is 2. The number of benzene rings is 1. The fraction of sp³-hybridized carbons (Fsp3) is 0.231. The number of hydrogen-bond donors (Lipinski definition) is 0. The van der Waals surface area contributed by atoms with Gasteiger partial charge in [-0.3, -0.25) is 0 Å². The largest absolute Gasteiger partial charge is 0.464 e. The average molecular weight is 248 g/mol. The summed E-state index contributed by atoms with van der Waals surface area (Å²) in [7, 11) is 1.31. The highest BCUT2D eigenvalue weighted by atomic mass is 19.1. The van der Waals surface area contributed by atoms with E-state index in [0.717, 1.165) is 16.9 Å². The predicted octanol–water partition coefficient (Wildman–Crippen LogP) is 2.41. The summed E-state index contributed by atoms with van der Waals surface area (Å²) in [6.07, 6.45) is 0. The Hall–Kier alpha value is -2.17. The molecule has 0 amide bonds. The third-order valence-corrected chi connectivity index (χ3v) is 2.67. The lowest BCUT2D eigenvalue weighted by Gasteiger charge is -2.07. The maximum Gasteiger partial charge on any atom is 0.358 e. The lowest BCUT2D eigenvalue weighted by molar-refractivity contribution is 0.0593. The van der Waals surface area contributed by atoms with Crippen molar-refractivity contribution in [1.82, 2.24) is 9.78 Å². The molecule has 2 aromatic rings. The van der Waals surface area contributed by atoms with Crippen molar-refractivity contribution >= 4 is 5.97 Å². The summed E-state index contributed by atoms with van der Waals surface area (Å²) in [4.78, 5) is 11.4. The topological polar surface area (TPSA) is 44.1 Å². The molecule has 4 nitrogen and oxygen atoms in total. The minimum atomic E-state index is -0.489. The van der Waals surface area contributed by atoms with Gasteiger partial charge in [-0.15, -0.1) is 0 Å². The monoisotopic (exact) mass is 248 g/mol. The highest BCUT2D eigenvalue weighted by molar-refractivity contribution is 5.87. The van der Waals surface area contributed by atoms with Gasteiger partial charge in [0.15, 0.2) is 5.69 Å². The van der Waals surface area contributed by atoms with Gasteiger partial charge in [0, 0.05) is 5.69 Å². The van der Waals surface area contributed by atoms with E-state index < -0.39 is 5.97 Å². The van der Waals surface area contributed by atoms with Crippen LogP contribution in [-0.2, 0) is 4.74 Å². The highest BCUT2D eigenvalue weighted by Gasteiger charge is 2.14. The molecule has 0 bridgehead atoms. The van der Waals surface area contributed by atoms with Crippen LogP contribution in [0.5, 0.6) is 0 Å². The summed E-state index contributed by atoms with van der Waals surface area (Å²) in [5.74, 6) is -0.786. The molecule has 0 aliphatic rings. The lowest BCUT2D eigenvalue weighted by Crippen LogP contribution is -2.05. The maximum atomic E-state index is 13.0. The summed E-state index contributed by atoms with van der Waals surface area (Å²) in [6.45, 7) is 3.61. The predicted molar refractivity (Wildman–Crippen MR) is 64.3 cm³/mol. The van der Waals surface area contributed by atoms with Crippen LogP contribution < -0.4 is 0 Å². The number of aryl methyl sites for hydroxylation is 2. The van der Waals surface area contributed by atoms with Gasteiger partial charge in [0.05, 0.1) is 12.8 Å². The molecule has 5 heteroatoms. The average Bonchev–Trinajstić information content (AvgIpc) is 2.70. The van der Waals surface area contributed by atoms with Gasteiger partial charge in [-0.2, -0.15) is 5.10 Å². The molecule has 94 valence electrons. The summed E-state index contributed by atoms with van der Waals surface area (Å²) < 4.78 is 19.3. The Morgan fingerprint density at radius 1 is 1.33 bits per heavy atom. The van der Waals surface area contributed by atoms with Gasteiger partial charge in [-0.05, 0) is 43.7 Å². The lowest BCUT2D eigenvalue weighted by atomic mass is 10.2. The number of methoxy groups -OCH3 is 1. The molecule has 0 aliphatic carbocycles. The van der Waals surface area contributed by atoms with E-state index >= 15 is 0 Å². The second kappa shape index (κ2) is 4.60. The minimum Gasteiger partial charge on any atom is -0.464 e. The Kier molecular flexibility index (Phi) is 3.14. The second-order valence-corrected chi connectivity index (χ2v) is 4.01. The molecular weight excluding hydrogens is 235 g/mol. The number of carbonyl (C=O) groups excluding carboxylic acids is 1. The summed E-state index contributed by atoms with van der Waals surface area (Å²) in [5, 5.41) is 4.16. The van der Waals surface area contributed by atoms with E-state index in [0.29, 0.717) is 0 Å².